The first-order valence-electron chi connectivity index (χ1n) is 18.7. The quantitative estimate of drug-likeness (QED) is 0.0988. The summed E-state index contributed by atoms with van der Waals surface area (Å²) in [5.41, 5.74) is 4.57. The molecule has 0 aliphatic rings. The monoisotopic (exact) mass is 782 g/mol. The van der Waals surface area contributed by atoms with Crippen LogP contribution in [0.15, 0.2) is 188 Å². The van der Waals surface area contributed by atoms with Gasteiger partial charge in [-0.25, -0.2) is 0 Å². The molecular weight excluding hydrogens is 751 g/mol. The molecule has 0 amide bonds. The predicted molar refractivity (Wildman–Crippen MR) is 239 cm³/mol. The molecule has 12 aromatic rings. The molecule has 0 aliphatic heterocycles. The van der Waals surface area contributed by atoms with E-state index in [0.717, 1.165) is 27.6 Å². The van der Waals surface area contributed by atoms with Crippen molar-refractivity contribution in [3.05, 3.63) is 188 Å². The Hall–Kier alpha value is -6.08. The third-order valence-electron chi connectivity index (χ3n) is 11.8. The van der Waals surface area contributed by atoms with E-state index >= 15 is 0 Å². The van der Waals surface area contributed by atoms with Gasteiger partial charge in [-0.2, -0.15) is 0 Å². The predicted octanol–water partition coefficient (Wildman–Crippen LogP) is 11.9. The van der Waals surface area contributed by atoms with Gasteiger partial charge in [0.25, 0.3) is 0 Å². The number of nitrogens with zero attached hydrogens (tertiary/aromatic N) is 2. The van der Waals surface area contributed by atoms with Gasteiger partial charge in [0.05, 0.1) is 0 Å². The summed E-state index contributed by atoms with van der Waals surface area (Å²) in [6, 6.07) is 69.6. The molecule has 2 aromatic heterocycles. The van der Waals surface area contributed by atoms with Crippen molar-refractivity contribution in [2.75, 3.05) is 0 Å². The van der Waals surface area contributed by atoms with Gasteiger partial charge in [-0.1, -0.05) is 36.4 Å². The zero-order chi connectivity index (χ0) is 36.3. The van der Waals surface area contributed by atoms with Crippen LogP contribution in [0.5, 0.6) is 0 Å². The minimum absolute atomic E-state index is 0.985. The van der Waals surface area contributed by atoms with Crippen molar-refractivity contribution in [1.29, 1.82) is 0 Å². The SMILES string of the molecule is [Se]=P(c1ccccc1)(c1ccccc1)c1ccc2c(c1)c1c3ccccc3ccc1c1nc3ccc(-c4ccc5ccc6cccc7ccc4c5c67)cc3n21. The first-order valence-corrected chi connectivity index (χ1v) is 22.7. The summed E-state index contributed by atoms with van der Waals surface area (Å²) in [5.74, 6) is 0. The normalized spacial score (nSPS) is 12.4. The van der Waals surface area contributed by atoms with E-state index in [0.29, 0.717) is 0 Å². The maximum atomic E-state index is 5.39. The molecule has 2 heterocycles. The van der Waals surface area contributed by atoms with E-state index < -0.39 is 5.51 Å². The Morgan fingerprint density at radius 3 is 1.82 bits per heavy atom. The third-order valence-corrected chi connectivity index (χ3v) is 18.8. The van der Waals surface area contributed by atoms with E-state index in [-0.39, 0.29) is 0 Å². The molecule has 0 saturated carbocycles. The van der Waals surface area contributed by atoms with E-state index in [1.807, 2.05) is 0 Å². The Labute approximate surface area is 324 Å². The molecule has 12 rings (SSSR count). The van der Waals surface area contributed by atoms with E-state index in [2.05, 4.69) is 208 Å². The van der Waals surface area contributed by atoms with E-state index in [1.165, 1.54) is 80.9 Å². The number of rotatable bonds is 4. The Morgan fingerprint density at radius 1 is 0.400 bits per heavy atom. The molecule has 0 saturated heterocycles. The molecule has 0 bridgehead atoms. The number of fused-ring (bicyclic) bond motifs is 10. The van der Waals surface area contributed by atoms with Crippen LogP contribution in [0.3, 0.4) is 0 Å². The van der Waals surface area contributed by atoms with Crippen molar-refractivity contribution in [3.63, 3.8) is 0 Å². The molecule has 0 aliphatic carbocycles. The number of hydrogen-bond acceptors (Lipinski definition) is 1. The van der Waals surface area contributed by atoms with Crippen LogP contribution in [0.1, 0.15) is 0 Å². The van der Waals surface area contributed by atoms with E-state index in [1.54, 1.807) is 0 Å². The summed E-state index contributed by atoms with van der Waals surface area (Å²) >= 11 is 3.80. The molecule has 4 heteroatoms. The van der Waals surface area contributed by atoms with Crippen LogP contribution in [-0.2, 0) is 0 Å². The van der Waals surface area contributed by atoms with Crippen LogP contribution in [0.25, 0.3) is 92.6 Å². The van der Waals surface area contributed by atoms with Gasteiger partial charge >= 0.3 is 269 Å². The van der Waals surface area contributed by atoms with Crippen molar-refractivity contribution in [1.82, 2.24) is 9.38 Å². The zero-order valence-electron chi connectivity index (χ0n) is 29.6. The molecule has 2 nitrogen and oxygen atoms in total. The first-order chi connectivity index (χ1) is 27.1. The summed E-state index contributed by atoms with van der Waals surface area (Å²) in [5, 5.41) is 17.9. The molecule has 0 fully saturated rings. The number of aromatic nitrogens is 2. The summed E-state index contributed by atoms with van der Waals surface area (Å²) in [6.07, 6.45) is 0. The maximum absolute atomic E-state index is 5.39. The second kappa shape index (κ2) is 11.7. The second-order valence-electron chi connectivity index (χ2n) is 14.6. The van der Waals surface area contributed by atoms with Gasteiger partial charge < -0.3 is 0 Å². The van der Waals surface area contributed by atoms with Gasteiger partial charge in [0.2, 0.25) is 0 Å². The third kappa shape index (κ3) is 4.44. The Morgan fingerprint density at radius 2 is 1.04 bits per heavy atom. The molecule has 10 aromatic carbocycles. The molecule has 0 spiro atoms. The molecule has 256 valence electrons. The fraction of sp³-hybridized carbons (Fsp3) is 0. The van der Waals surface area contributed by atoms with Gasteiger partial charge in [0.1, 0.15) is 0 Å². The molecule has 0 radical (unpaired) electrons. The summed E-state index contributed by atoms with van der Waals surface area (Å²) in [6.45, 7) is 0. The van der Waals surface area contributed by atoms with Crippen LogP contribution in [0.4, 0.5) is 0 Å². The molecule has 0 unspecified atom stereocenters. The standard InChI is InChI=1S/C51H31N2PSe/c55-54(37-13-3-1-4-14-37,38-15-5-2-6-16-38)39-24-29-46-44(31-39)50-41-17-8-7-10-32(41)20-27-43(50)51-52-45-28-23-36(30-47(45)53(46)51)40-25-21-35-19-18-33-11-9-12-34-22-26-42(40)49(35)48(33)34/h1-31H. The van der Waals surface area contributed by atoms with Crippen molar-refractivity contribution >= 4 is 118 Å². The van der Waals surface area contributed by atoms with Crippen LogP contribution < -0.4 is 15.9 Å². The van der Waals surface area contributed by atoms with Gasteiger partial charge in [0, 0.05) is 0 Å². The van der Waals surface area contributed by atoms with Crippen molar-refractivity contribution in [3.8, 4) is 11.1 Å². The van der Waals surface area contributed by atoms with Crippen molar-refractivity contribution < 1.29 is 0 Å². The fourth-order valence-electron chi connectivity index (χ4n) is 9.24. The van der Waals surface area contributed by atoms with Crippen LogP contribution >= 0.6 is 5.51 Å². The van der Waals surface area contributed by atoms with Crippen LogP contribution in [0, 0.1) is 0 Å². The average Bonchev–Trinajstić information content (AvgIpc) is 3.65. The Kier molecular flexibility index (Phi) is 6.66. The van der Waals surface area contributed by atoms with Gasteiger partial charge in [-0.15, -0.1) is 0 Å². The summed E-state index contributed by atoms with van der Waals surface area (Å²) < 4.78 is 2.41. The first kappa shape index (κ1) is 31.3. The van der Waals surface area contributed by atoms with Crippen LogP contribution in [0.2, 0.25) is 0 Å². The van der Waals surface area contributed by atoms with Crippen molar-refractivity contribution in [2.45, 2.75) is 0 Å². The topological polar surface area (TPSA) is 17.3 Å². The van der Waals surface area contributed by atoms with Crippen molar-refractivity contribution in [2.24, 2.45) is 0 Å². The molecule has 55 heavy (non-hydrogen) atoms. The summed E-state index contributed by atoms with van der Waals surface area (Å²) in [7, 11) is 0. The average molecular weight is 782 g/mol. The molecule has 0 atom stereocenters. The fourth-order valence-corrected chi connectivity index (χ4v) is 14.2. The second-order valence-corrected chi connectivity index (χ2v) is 20.8. The number of hydrogen-bond donors (Lipinski definition) is 0. The molecular formula is C51H31N2PSe. The summed E-state index contributed by atoms with van der Waals surface area (Å²) in [4.78, 5) is 5.39. The Bertz CT molecular complexity index is 3510. The van der Waals surface area contributed by atoms with Gasteiger partial charge in [0.15, 0.2) is 0 Å². The number of pyridine rings is 1. The minimum atomic E-state index is -2.11. The van der Waals surface area contributed by atoms with E-state index in [4.69, 9.17) is 4.98 Å². The number of imidazole rings is 1. The van der Waals surface area contributed by atoms with Gasteiger partial charge in [-0.3, -0.25) is 0 Å². The number of benzene rings is 10. The zero-order valence-corrected chi connectivity index (χ0v) is 32.3. The Balaban J connectivity index is 1.18. The molecule has 0 N–H and O–H groups in total. The van der Waals surface area contributed by atoms with Crippen LogP contribution in [-0.4, -0.2) is 24.5 Å². The van der Waals surface area contributed by atoms with Gasteiger partial charge in [-0.05, 0) is 21.5 Å². The van der Waals surface area contributed by atoms with E-state index in [9.17, 15) is 0 Å².